The lowest BCUT2D eigenvalue weighted by molar-refractivity contribution is -0.143. The second kappa shape index (κ2) is 10.2. The van der Waals surface area contributed by atoms with Gasteiger partial charge in [-0.1, -0.05) is 50.2 Å². The van der Waals surface area contributed by atoms with E-state index in [9.17, 15) is 19.2 Å². The number of imide groups is 1. The van der Waals surface area contributed by atoms with Crippen molar-refractivity contribution in [2.45, 2.75) is 64.6 Å². The molecule has 3 aliphatic rings. The van der Waals surface area contributed by atoms with Crippen LogP contribution in [-0.4, -0.2) is 52.7 Å². The van der Waals surface area contributed by atoms with Crippen LogP contribution in [0.4, 0.5) is 4.79 Å². The molecule has 1 N–H and O–H groups in total. The van der Waals surface area contributed by atoms with E-state index in [0.717, 1.165) is 28.9 Å². The number of carbonyl (C=O) groups excluding carboxylic acids is 4. The number of aryl methyl sites for hydroxylation is 1. The van der Waals surface area contributed by atoms with Gasteiger partial charge < -0.3 is 15.0 Å². The lowest BCUT2D eigenvalue weighted by Crippen LogP contribution is -2.47. The predicted octanol–water partition coefficient (Wildman–Crippen LogP) is 4.02. The molecule has 2 aromatic rings. The molecule has 0 unspecified atom stereocenters. The van der Waals surface area contributed by atoms with Crippen LogP contribution in [-0.2, 0) is 32.9 Å². The molecule has 2 fully saturated rings. The lowest BCUT2D eigenvalue weighted by Gasteiger charge is -2.30. The molecule has 0 radical (unpaired) electrons. The Morgan fingerprint density at radius 3 is 2.53 bits per heavy atom. The highest BCUT2D eigenvalue weighted by Crippen LogP contribution is 2.45. The molecule has 4 amide bonds. The van der Waals surface area contributed by atoms with E-state index < -0.39 is 17.6 Å². The number of nitrogens with zero attached hydrogens (tertiary/aromatic N) is 2. The second-order valence-corrected chi connectivity index (χ2v) is 11.1. The normalized spacial score (nSPS) is 21.0. The van der Waals surface area contributed by atoms with E-state index in [-0.39, 0.29) is 24.4 Å². The molecule has 38 heavy (non-hydrogen) atoms. The molecule has 0 aromatic heterocycles. The summed E-state index contributed by atoms with van der Waals surface area (Å²) in [4.78, 5) is 55.4. The number of amides is 4. The van der Waals surface area contributed by atoms with Crippen LogP contribution in [0.5, 0.6) is 0 Å². The van der Waals surface area contributed by atoms with Crippen molar-refractivity contribution in [3.63, 3.8) is 0 Å². The minimum atomic E-state index is -1.44. The van der Waals surface area contributed by atoms with Crippen LogP contribution in [0.2, 0.25) is 0 Å². The fraction of sp³-hybridized carbons (Fsp3) is 0.467. The Labute approximate surface area is 223 Å². The Morgan fingerprint density at radius 2 is 1.84 bits per heavy atom. The van der Waals surface area contributed by atoms with Gasteiger partial charge in [0.15, 0.2) is 0 Å². The van der Waals surface area contributed by atoms with Gasteiger partial charge >= 0.3 is 6.09 Å². The summed E-state index contributed by atoms with van der Waals surface area (Å²) >= 11 is 0. The summed E-state index contributed by atoms with van der Waals surface area (Å²) in [5, 5.41) is 2.90. The average molecular weight is 518 g/mol. The summed E-state index contributed by atoms with van der Waals surface area (Å²) in [6, 6.07) is 14.9. The molecule has 5 rings (SSSR count). The SMILES string of the molecule is CC(C)CNC(=O)c1ccc2c(c1)CC[C@@]21OC(=O)N(CC(=O)N(Cc2ccccc2)[C@@H](C)C2CC2)C1=O. The number of hydrogen-bond acceptors (Lipinski definition) is 5. The fourth-order valence-corrected chi connectivity index (χ4v) is 5.49. The molecule has 1 aliphatic heterocycles. The first-order valence-corrected chi connectivity index (χ1v) is 13.5. The summed E-state index contributed by atoms with van der Waals surface area (Å²) in [5.41, 5.74) is 1.48. The van der Waals surface area contributed by atoms with Gasteiger partial charge in [0, 0.05) is 36.7 Å². The summed E-state index contributed by atoms with van der Waals surface area (Å²) in [6.45, 7) is 6.72. The number of carbonyl (C=O) groups is 4. The van der Waals surface area contributed by atoms with Crippen LogP contribution < -0.4 is 5.32 Å². The Bertz CT molecular complexity index is 1260. The summed E-state index contributed by atoms with van der Waals surface area (Å²) in [5.74, 6) is -0.190. The van der Waals surface area contributed by atoms with Crippen molar-refractivity contribution >= 4 is 23.8 Å². The van der Waals surface area contributed by atoms with Crippen LogP contribution in [0.25, 0.3) is 0 Å². The van der Waals surface area contributed by atoms with Crippen molar-refractivity contribution in [2.75, 3.05) is 13.1 Å². The van der Waals surface area contributed by atoms with Gasteiger partial charge in [-0.2, -0.15) is 0 Å². The number of fused-ring (bicyclic) bond motifs is 2. The maximum atomic E-state index is 13.7. The zero-order chi connectivity index (χ0) is 27.0. The Kier molecular flexibility index (Phi) is 6.99. The van der Waals surface area contributed by atoms with Crippen molar-refractivity contribution in [1.82, 2.24) is 15.1 Å². The van der Waals surface area contributed by atoms with E-state index in [1.54, 1.807) is 23.1 Å². The van der Waals surface area contributed by atoms with E-state index in [4.69, 9.17) is 4.74 Å². The Morgan fingerprint density at radius 1 is 1.11 bits per heavy atom. The minimum Gasteiger partial charge on any atom is -0.427 e. The number of nitrogens with one attached hydrogen (secondary N) is 1. The van der Waals surface area contributed by atoms with Gasteiger partial charge in [0.25, 0.3) is 11.8 Å². The van der Waals surface area contributed by atoms with Crippen molar-refractivity contribution < 1.29 is 23.9 Å². The molecular formula is C30H35N3O5. The number of hydrogen-bond donors (Lipinski definition) is 1. The van der Waals surface area contributed by atoms with Gasteiger partial charge in [-0.05, 0) is 61.3 Å². The number of benzene rings is 2. The lowest BCUT2D eigenvalue weighted by atomic mass is 9.94. The number of rotatable bonds is 9. The van der Waals surface area contributed by atoms with Gasteiger partial charge in [-0.25, -0.2) is 9.69 Å². The topological polar surface area (TPSA) is 96.0 Å². The van der Waals surface area contributed by atoms with Crippen LogP contribution in [0.1, 0.15) is 67.1 Å². The van der Waals surface area contributed by atoms with Crippen LogP contribution in [0.3, 0.4) is 0 Å². The molecule has 200 valence electrons. The van der Waals surface area contributed by atoms with Crippen LogP contribution in [0, 0.1) is 11.8 Å². The highest BCUT2D eigenvalue weighted by atomic mass is 16.6. The molecule has 2 atom stereocenters. The van der Waals surface area contributed by atoms with E-state index in [1.807, 2.05) is 51.1 Å². The summed E-state index contributed by atoms with van der Waals surface area (Å²) in [7, 11) is 0. The molecular weight excluding hydrogens is 482 g/mol. The summed E-state index contributed by atoms with van der Waals surface area (Å²) < 4.78 is 5.73. The molecule has 8 heteroatoms. The molecule has 1 heterocycles. The Hall–Kier alpha value is -3.68. The molecule has 2 aromatic carbocycles. The maximum Gasteiger partial charge on any atom is 0.418 e. The zero-order valence-corrected chi connectivity index (χ0v) is 22.2. The minimum absolute atomic E-state index is 0.0119. The third-order valence-corrected chi connectivity index (χ3v) is 7.90. The first-order chi connectivity index (χ1) is 18.2. The van der Waals surface area contributed by atoms with Crippen molar-refractivity contribution in [3.05, 3.63) is 70.8 Å². The second-order valence-electron chi connectivity index (χ2n) is 11.1. The van der Waals surface area contributed by atoms with Gasteiger partial charge in [-0.15, -0.1) is 0 Å². The molecule has 8 nitrogen and oxygen atoms in total. The summed E-state index contributed by atoms with van der Waals surface area (Å²) in [6.07, 6.45) is 2.14. The molecule has 1 saturated carbocycles. The Balaban J connectivity index is 1.33. The average Bonchev–Trinajstić information content (AvgIpc) is 3.66. The van der Waals surface area contributed by atoms with Crippen molar-refractivity contribution in [2.24, 2.45) is 11.8 Å². The van der Waals surface area contributed by atoms with E-state index in [1.165, 1.54) is 0 Å². The monoisotopic (exact) mass is 517 g/mol. The maximum absolute atomic E-state index is 13.7. The first-order valence-electron chi connectivity index (χ1n) is 13.5. The largest absolute Gasteiger partial charge is 0.427 e. The van der Waals surface area contributed by atoms with Gasteiger partial charge in [0.05, 0.1) is 0 Å². The fourth-order valence-electron chi connectivity index (χ4n) is 5.49. The van der Waals surface area contributed by atoms with Gasteiger partial charge in [0.2, 0.25) is 11.5 Å². The van der Waals surface area contributed by atoms with E-state index in [2.05, 4.69) is 5.32 Å². The van der Waals surface area contributed by atoms with Crippen molar-refractivity contribution in [1.29, 1.82) is 0 Å². The molecule has 2 aliphatic carbocycles. The molecule has 1 saturated heterocycles. The van der Waals surface area contributed by atoms with E-state index in [0.29, 0.717) is 48.9 Å². The third kappa shape index (κ3) is 4.91. The first kappa shape index (κ1) is 25.9. The number of ether oxygens (including phenoxy) is 1. The quantitative estimate of drug-likeness (QED) is 0.542. The van der Waals surface area contributed by atoms with Crippen molar-refractivity contribution in [3.8, 4) is 0 Å². The van der Waals surface area contributed by atoms with E-state index >= 15 is 0 Å². The zero-order valence-electron chi connectivity index (χ0n) is 22.2. The highest BCUT2D eigenvalue weighted by molar-refractivity contribution is 6.06. The van der Waals surface area contributed by atoms with Crippen LogP contribution >= 0.6 is 0 Å². The van der Waals surface area contributed by atoms with Gasteiger partial charge in [0.1, 0.15) is 6.54 Å². The van der Waals surface area contributed by atoms with Crippen LogP contribution in [0.15, 0.2) is 48.5 Å². The molecule has 1 spiro atoms. The standard InChI is InChI=1S/C30H35N3O5/c1-19(2)16-31-27(35)24-11-12-25-23(15-24)13-14-30(25)28(36)33(29(37)38-30)18-26(34)32(20(3)22-9-10-22)17-21-7-5-4-6-8-21/h4-8,11-12,15,19-20,22H,9-10,13-14,16-18H2,1-3H3,(H,31,35)/t20-,30+/m0/s1. The third-order valence-electron chi connectivity index (χ3n) is 7.90. The highest BCUT2D eigenvalue weighted by Gasteiger charge is 2.58. The molecule has 0 bridgehead atoms. The smallest absolute Gasteiger partial charge is 0.418 e. The predicted molar refractivity (Wildman–Crippen MR) is 141 cm³/mol. The van der Waals surface area contributed by atoms with Gasteiger partial charge in [-0.3, -0.25) is 14.4 Å².